The Morgan fingerprint density at radius 3 is 2.68 bits per heavy atom. The molecule has 22 heavy (non-hydrogen) atoms. The van der Waals surface area contributed by atoms with E-state index < -0.39 is 0 Å². The van der Waals surface area contributed by atoms with Crippen molar-refractivity contribution < 1.29 is 0 Å². The third kappa shape index (κ3) is 2.35. The third-order valence-corrected chi connectivity index (χ3v) is 3.46. The highest BCUT2D eigenvalue weighted by Gasteiger charge is 2.15. The number of nitrogens with zero attached hydrogens (tertiary/aromatic N) is 4. The summed E-state index contributed by atoms with van der Waals surface area (Å²) in [5.41, 5.74) is 3.41. The maximum Gasteiger partial charge on any atom is 0.267 e. The van der Waals surface area contributed by atoms with Gasteiger partial charge in [0.1, 0.15) is 0 Å². The van der Waals surface area contributed by atoms with E-state index in [4.69, 9.17) is 0 Å². The van der Waals surface area contributed by atoms with Crippen molar-refractivity contribution in [3.63, 3.8) is 0 Å². The van der Waals surface area contributed by atoms with Crippen LogP contribution >= 0.6 is 0 Å². The van der Waals surface area contributed by atoms with E-state index in [1.54, 1.807) is 12.1 Å². The Morgan fingerprint density at radius 1 is 1.14 bits per heavy atom. The lowest BCUT2D eigenvalue weighted by Crippen LogP contribution is -2.23. The lowest BCUT2D eigenvalue weighted by molar-refractivity contribution is 0.505. The second kappa shape index (κ2) is 5.60. The number of aromatic nitrogens is 4. The predicted molar refractivity (Wildman–Crippen MR) is 87.8 cm³/mol. The van der Waals surface area contributed by atoms with Crippen LogP contribution in [0.1, 0.15) is 32.5 Å². The van der Waals surface area contributed by atoms with Crippen LogP contribution in [0.25, 0.3) is 22.9 Å². The van der Waals surface area contributed by atoms with Gasteiger partial charge in [-0.3, -0.25) is 4.79 Å². The lowest BCUT2D eigenvalue weighted by Gasteiger charge is -2.09. The molecule has 5 nitrogen and oxygen atoms in total. The van der Waals surface area contributed by atoms with E-state index in [1.165, 1.54) is 4.68 Å². The number of allylic oxidation sites excluding steroid dienone is 1. The van der Waals surface area contributed by atoms with Crippen molar-refractivity contribution in [3.8, 4) is 11.3 Å². The Balaban J connectivity index is 2.31. The van der Waals surface area contributed by atoms with Crippen molar-refractivity contribution in [2.24, 2.45) is 0 Å². The Morgan fingerprint density at radius 2 is 1.95 bits per heavy atom. The molecule has 0 N–H and O–H groups in total. The van der Waals surface area contributed by atoms with Crippen molar-refractivity contribution in [2.75, 3.05) is 0 Å². The normalized spacial score (nSPS) is 11.8. The molecule has 0 radical (unpaired) electrons. The summed E-state index contributed by atoms with van der Waals surface area (Å²) in [4.78, 5) is 11.9. The Bertz CT molecular complexity index is 902. The topological polar surface area (TPSA) is 52.2 Å². The van der Waals surface area contributed by atoms with E-state index in [-0.39, 0.29) is 11.6 Å². The molecule has 3 aromatic heterocycles. The van der Waals surface area contributed by atoms with Gasteiger partial charge in [-0.15, -0.1) is 0 Å². The quantitative estimate of drug-likeness (QED) is 0.745. The maximum atomic E-state index is 11.9. The molecule has 0 aromatic carbocycles. The summed E-state index contributed by atoms with van der Waals surface area (Å²) in [5, 5.41) is 9.10. The molecule has 0 spiro atoms. The van der Waals surface area contributed by atoms with Crippen LogP contribution in [0.5, 0.6) is 0 Å². The molecule has 0 aliphatic rings. The lowest BCUT2D eigenvalue weighted by atomic mass is 10.1. The van der Waals surface area contributed by atoms with Crippen LogP contribution < -0.4 is 5.56 Å². The Hall–Kier alpha value is -2.69. The van der Waals surface area contributed by atoms with E-state index in [0.717, 1.165) is 22.5 Å². The second-order valence-corrected chi connectivity index (χ2v) is 5.39. The minimum atomic E-state index is -0.0946. The molecule has 5 heteroatoms. The molecule has 0 saturated carbocycles. The van der Waals surface area contributed by atoms with Crippen molar-refractivity contribution in [2.45, 2.75) is 26.8 Å². The first-order valence-corrected chi connectivity index (χ1v) is 7.32. The van der Waals surface area contributed by atoms with Crippen LogP contribution in [0, 0.1) is 0 Å². The van der Waals surface area contributed by atoms with E-state index in [2.05, 4.69) is 10.2 Å². The van der Waals surface area contributed by atoms with E-state index in [9.17, 15) is 4.79 Å². The number of pyridine rings is 1. The summed E-state index contributed by atoms with van der Waals surface area (Å²) in [5.74, 6) is 0. The minimum absolute atomic E-state index is 0.0134. The van der Waals surface area contributed by atoms with Crippen molar-refractivity contribution >= 4 is 11.6 Å². The molecule has 0 bridgehead atoms. The second-order valence-electron chi connectivity index (χ2n) is 5.39. The average molecular weight is 294 g/mol. The molecule has 0 fully saturated rings. The van der Waals surface area contributed by atoms with Gasteiger partial charge in [-0.1, -0.05) is 12.1 Å². The summed E-state index contributed by atoms with van der Waals surface area (Å²) in [7, 11) is 0. The van der Waals surface area contributed by atoms with Gasteiger partial charge in [-0.2, -0.15) is 10.2 Å². The van der Waals surface area contributed by atoms with Gasteiger partial charge in [0.25, 0.3) is 5.56 Å². The van der Waals surface area contributed by atoms with E-state index >= 15 is 0 Å². The van der Waals surface area contributed by atoms with Gasteiger partial charge >= 0.3 is 0 Å². The zero-order chi connectivity index (χ0) is 15.7. The van der Waals surface area contributed by atoms with Crippen molar-refractivity contribution in [1.29, 1.82) is 0 Å². The first-order valence-electron chi connectivity index (χ1n) is 7.32. The molecular formula is C17H18N4O. The summed E-state index contributed by atoms with van der Waals surface area (Å²) >= 11 is 0. The van der Waals surface area contributed by atoms with Gasteiger partial charge in [0.15, 0.2) is 0 Å². The summed E-state index contributed by atoms with van der Waals surface area (Å²) in [6.45, 7) is 5.85. The van der Waals surface area contributed by atoms with E-state index in [1.807, 2.05) is 61.8 Å². The number of fused-ring (bicyclic) bond motifs is 1. The van der Waals surface area contributed by atoms with Gasteiger partial charge in [0, 0.05) is 12.3 Å². The van der Waals surface area contributed by atoms with E-state index in [0.29, 0.717) is 0 Å². The van der Waals surface area contributed by atoms with Crippen LogP contribution in [0.3, 0.4) is 0 Å². The zero-order valence-corrected chi connectivity index (χ0v) is 12.9. The average Bonchev–Trinajstić information content (AvgIpc) is 2.86. The van der Waals surface area contributed by atoms with Crippen LogP contribution in [0.2, 0.25) is 0 Å². The molecule has 0 aliphatic heterocycles. The number of hydrogen-bond acceptors (Lipinski definition) is 3. The van der Waals surface area contributed by atoms with Crippen LogP contribution in [-0.4, -0.2) is 19.4 Å². The molecule has 0 unspecified atom stereocenters. The minimum Gasteiger partial charge on any atom is -0.268 e. The molecular weight excluding hydrogens is 276 g/mol. The Kier molecular flexibility index (Phi) is 3.63. The molecule has 112 valence electrons. The van der Waals surface area contributed by atoms with Crippen LogP contribution in [-0.2, 0) is 0 Å². The molecule has 3 heterocycles. The van der Waals surface area contributed by atoms with Crippen LogP contribution in [0.15, 0.2) is 47.4 Å². The van der Waals surface area contributed by atoms with Crippen LogP contribution in [0.4, 0.5) is 0 Å². The van der Waals surface area contributed by atoms with Gasteiger partial charge in [-0.05, 0) is 45.0 Å². The van der Waals surface area contributed by atoms with Gasteiger partial charge in [-0.25, -0.2) is 9.20 Å². The summed E-state index contributed by atoms with van der Waals surface area (Å²) < 4.78 is 3.33. The third-order valence-electron chi connectivity index (χ3n) is 3.46. The zero-order valence-electron chi connectivity index (χ0n) is 12.9. The first kappa shape index (κ1) is 14.3. The molecule has 0 atom stereocenters. The summed E-state index contributed by atoms with van der Waals surface area (Å²) in [6, 6.07) is 9.25. The smallest absolute Gasteiger partial charge is 0.267 e. The molecule has 0 amide bonds. The van der Waals surface area contributed by atoms with Crippen molar-refractivity contribution in [1.82, 2.24) is 19.4 Å². The highest BCUT2D eigenvalue weighted by atomic mass is 16.1. The Labute approximate surface area is 128 Å². The highest BCUT2D eigenvalue weighted by Crippen LogP contribution is 2.27. The molecule has 3 rings (SSSR count). The van der Waals surface area contributed by atoms with Crippen molar-refractivity contribution in [3.05, 3.63) is 58.7 Å². The maximum absolute atomic E-state index is 11.9. The SMILES string of the molecule is C/C=C/c1nn2ccccc2c1-c1ccc(=O)n(C(C)C)n1. The molecule has 3 aromatic rings. The first-order chi connectivity index (χ1) is 10.6. The highest BCUT2D eigenvalue weighted by molar-refractivity contribution is 5.84. The largest absolute Gasteiger partial charge is 0.268 e. The monoisotopic (exact) mass is 294 g/mol. The number of hydrogen-bond donors (Lipinski definition) is 0. The predicted octanol–water partition coefficient (Wildman–Crippen LogP) is 3.17. The molecule has 0 aliphatic carbocycles. The molecule has 0 saturated heterocycles. The number of rotatable bonds is 3. The standard InChI is InChI=1S/C17H18N4O/c1-4-7-13-17(15-8-5-6-11-20(15)18-13)14-9-10-16(22)21(19-14)12(2)3/h4-12H,1-3H3/b7-4+. The van der Waals surface area contributed by atoms with Gasteiger partial charge < -0.3 is 0 Å². The fourth-order valence-corrected chi connectivity index (χ4v) is 2.48. The fraction of sp³-hybridized carbons (Fsp3) is 0.235. The fourth-order valence-electron chi connectivity index (χ4n) is 2.48. The van der Waals surface area contributed by atoms with Gasteiger partial charge in [0.05, 0.1) is 28.5 Å². The summed E-state index contributed by atoms with van der Waals surface area (Å²) in [6.07, 6.45) is 5.81. The van der Waals surface area contributed by atoms with Gasteiger partial charge in [0.2, 0.25) is 0 Å².